The maximum atomic E-state index is 12.0. The first kappa shape index (κ1) is 18.0. The number of hydrogen-bond acceptors (Lipinski definition) is 3. The SMILES string of the molecule is Cc1ccc(CC(=O)NNC(=O)[C@H](C)Oc2cccc(Br)c2)cc1. The summed E-state index contributed by atoms with van der Waals surface area (Å²) in [5.74, 6) is -0.146. The molecule has 0 aliphatic heterocycles. The summed E-state index contributed by atoms with van der Waals surface area (Å²) in [7, 11) is 0. The molecule has 1 atom stereocenters. The van der Waals surface area contributed by atoms with Crippen molar-refractivity contribution in [1.29, 1.82) is 0 Å². The number of rotatable bonds is 5. The van der Waals surface area contributed by atoms with Gasteiger partial charge in [-0.25, -0.2) is 0 Å². The molecule has 0 fully saturated rings. The summed E-state index contributed by atoms with van der Waals surface area (Å²) >= 11 is 3.34. The number of halogens is 1. The summed E-state index contributed by atoms with van der Waals surface area (Å²) in [5.41, 5.74) is 6.78. The van der Waals surface area contributed by atoms with Crippen LogP contribution in [0.2, 0.25) is 0 Å². The van der Waals surface area contributed by atoms with Gasteiger partial charge in [-0.05, 0) is 37.6 Å². The monoisotopic (exact) mass is 390 g/mol. The molecule has 0 bridgehead atoms. The van der Waals surface area contributed by atoms with E-state index in [1.807, 2.05) is 43.3 Å². The van der Waals surface area contributed by atoms with Crippen molar-refractivity contribution in [3.63, 3.8) is 0 Å². The highest BCUT2D eigenvalue weighted by Crippen LogP contribution is 2.18. The third-order valence-corrected chi connectivity index (χ3v) is 3.78. The maximum Gasteiger partial charge on any atom is 0.279 e. The standard InChI is InChI=1S/C18H19BrN2O3/c1-12-6-8-14(9-7-12)10-17(22)20-21-18(23)13(2)24-16-5-3-4-15(19)11-16/h3-9,11,13H,10H2,1-2H3,(H,20,22)(H,21,23)/t13-/m0/s1. The second kappa shape index (κ2) is 8.49. The summed E-state index contributed by atoms with van der Waals surface area (Å²) in [5, 5.41) is 0. The van der Waals surface area contributed by atoms with Crippen LogP contribution in [0.5, 0.6) is 5.75 Å². The number of benzene rings is 2. The zero-order chi connectivity index (χ0) is 17.5. The second-order valence-corrected chi connectivity index (χ2v) is 6.33. The van der Waals surface area contributed by atoms with Crippen LogP contribution in [-0.4, -0.2) is 17.9 Å². The van der Waals surface area contributed by atoms with Crippen LogP contribution in [0.3, 0.4) is 0 Å². The van der Waals surface area contributed by atoms with Crippen molar-refractivity contribution in [2.75, 3.05) is 0 Å². The maximum absolute atomic E-state index is 12.0. The van der Waals surface area contributed by atoms with Crippen LogP contribution in [0.25, 0.3) is 0 Å². The first-order valence-corrected chi connectivity index (χ1v) is 8.30. The molecule has 6 heteroatoms. The predicted molar refractivity (Wildman–Crippen MR) is 95.4 cm³/mol. The van der Waals surface area contributed by atoms with Crippen LogP contribution in [0.15, 0.2) is 53.0 Å². The third kappa shape index (κ3) is 5.70. The molecule has 2 N–H and O–H groups in total. The Morgan fingerprint density at radius 1 is 1.12 bits per heavy atom. The molecule has 2 rings (SSSR count). The molecular weight excluding hydrogens is 372 g/mol. The van der Waals surface area contributed by atoms with E-state index in [1.54, 1.807) is 19.1 Å². The van der Waals surface area contributed by atoms with Crippen molar-refractivity contribution in [1.82, 2.24) is 10.9 Å². The molecule has 0 heterocycles. The largest absolute Gasteiger partial charge is 0.481 e. The second-order valence-electron chi connectivity index (χ2n) is 5.42. The molecule has 24 heavy (non-hydrogen) atoms. The van der Waals surface area contributed by atoms with Crippen LogP contribution >= 0.6 is 15.9 Å². The lowest BCUT2D eigenvalue weighted by Gasteiger charge is -2.15. The van der Waals surface area contributed by atoms with Crippen molar-refractivity contribution in [2.24, 2.45) is 0 Å². The topological polar surface area (TPSA) is 67.4 Å². The van der Waals surface area contributed by atoms with Crippen molar-refractivity contribution < 1.29 is 14.3 Å². The quantitative estimate of drug-likeness (QED) is 0.771. The van der Waals surface area contributed by atoms with Crippen LogP contribution < -0.4 is 15.6 Å². The van der Waals surface area contributed by atoms with Gasteiger partial charge in [-0.2, -0.15) is 0 Å². The smallest absolute Gasteiger partial charge is 0.279 e. The molecule has 2 amide bonds. The normalized spacial score (nSPS) is 11.5. The molecule has 0 saturated carbocycles. The van der Waals surface area contributed by atoms with Gasteiger partial charge in [0.15, 0.2) is 6.10 Å². The Labute approximate surface area is 149 Å². The van der Waals surface area contributed by atoms with E-state index >= 15 is 0 Å². The Morgan fingerprint density at radius 2 is 1.83 bits per heavy atom. The van der Waals surface area contributed by atoms with Gasteiger partial charge in [0.1, 0.15) is 5.75 Å². The van der Waals surface area contributed by atoms with Gasteiger partial charge in [-0.1, -0.05) is 51.8 Å². The zero-order valence-corrected chi connectivity index (χ0v) is 15.1. The molecule has 126 valence electrons. The Bertz CT molecular complexity index is 716. The number of aryl methyl sites for hydroxylation is 1. The number of hydrazine groups is 1. The number of nitrogens with one attached hydrogen (secondary N) is 2. The van der Waals surface area contributed by atoms with Gasteiger partial charge in [-0.3, -0.25) is 20.4 Å². The minimum Gasteiger partial charge on any atom is -0.481 e. The van der Waals surface area contributed by atoms with E-state index in [0.717, 1.165) is 15.6 Å². The Morgan fingerprint density at radius 3 is 2.50 bits per heavy atom. The summed E-state index contributed by atoms with van der Waals surface area (Å²) < 4.78 is 6.39. The number of ether oxygens (including phenoxy) is 1. The number of carbonyl (C=O) groups is 2. The average Bonchev–Trinajstić information content (AvgIpc) is 2.54. The molecule has 5 nitrogen and oxygen atoms in total. The highest BCUT2D eigenvalue weighted by Gasteiger charge is 2.15. The van der Waals surface area contributed by atoms with Crippen molar-refractivity contribution in [3.8, 4) is 5.75 Å². The molecule has 0 saturated heterocycles. The van der Waals surface area contributed by atoms with E-state index < -0.39 is 12.0 Å². The van der Waals surface area contributed by atoms with Crippen molar-refractivity contribution in [3.05, 3.63) is 64.1 Å². The van der Waals surface area contributed by atoms with Crippen LogP contribution in [0, 0.1) is 6.92 Å². The lowest BCUT2D eigenvalue weighted by atomic mass is 10.1. The van der Waals surface area contributed by atoms with Gasteiger partial charge in [0.2, 0.25) is 5.91 Å². The van der Waals surface area contributed by atoms with E-state index in [9.17, 15) is 9.59 Å². The van der Waals surface area contributed by atoms with Gasteiger partial charge in [-0.15, -0.1) is 0 Å². The van der Waals surface area contributed by atoms with Gasteiger partial charge >= 0.3 is 0 Å². The number of amides is 2. The summed E-state index contributed by atoms with van der Waals surface area (Å²) in [4.78, 5) is 23.8. The van der Waals surface area contributed by atoms with E-state index in [0.29, 0.717) is 5.75 Å². The molecular formula is C18H19BrN2O3. The average molecular weight is 391 g/mol. The molecule has 0 unspecified atom stereocenters. The van der Waals surface area contributed by atoms with Crippen LogP contribution in [0.4, 0.5) is 0 Å². The van der Waals surface area contributed by atoms with Gasteiger partial charge in [0, 0.05) is 4.47 Å². The fraction of sp³-hybridized carbons (Fsp3) is 0.222. The summed E-state index contributed by atoms with van der Waals surface area (Å²) in [6.45, 7) is 3.60. The Hall–Kier alpha value is -2.34. The van der Waals surface area contributed by atoms with Gasteiger partial charge < -0.3 is 4.74 Å². The minimum atomic E-state index is -0.737. The number of hydrogen-bond donors (Lipinski definition) is 2. The van der Waals surface area contributed by atoms with E-state index in [-0.39, 0.29) is 12.3 Å². The number of carbonyl (C=O) groups excluding carboxylic acids is 2. The molecule has 0 spiro atoms. The van der Waals surface area contributed by atoms with Gasteiger partial charge in [0.05, 0.1) is 6.42 Å². The van der Waals surface area contributed by atoms with Crippen molar-refractivity contribution >= 4 is 27.7 Å². The molecule has 0 aromatic heterocycles. The molecule has 0 aliphatic carbocycles. The van der Waals surface area contributed by atoms with Crippen LogP contribution in [0.1, 0.15) is 18.1 Å². The first-order valence-electron chi connectivity index (χ1n) is 7.50. The zero-order valence-electron chi connectivity index (χ0n) is 13.5. The van der Waals surface area contributed by atoms with E-state index in [4.69, 9.17) is 4.74 Å². The Kier molecular flexibility index (Phi) is 6.37. The summed E-state index contributed by atoms with van der Waals surface area (Å²) in [6.07, 6.45) is -0.541. The lowest BCUT2D eigenvalue weighted by molar-refractivity contribution is -0.132. The van der Waals surface area contributed by atoms with E-state index in [1.165, 1.54) is 0 Å². The van der Waals surface area contributed by atoms with Crippen LogP contribution in [-0.2, 0) is 16.0 Å². The third-order valence-electron chi connectivity index (χ3n) is 3.29. The molecule has 0 aliphatic rings. The Balaban J connectivity index is 1.79. The van der Waals surface area contributed by atoms with E-state index in [2.05, 4.69) is 26.8 Å². The minimum absolute atomic E-state index is 0.196. The lowest BCUT2D eigenvalue weighted by Crippen LogP contribution is -2.47. The highest BCUT2D eigenvalue weighted by molar-refractivity contribution is 9.10. The molecule has 2 aromatic rings. The highest BCUT2D eigenvalue weighted by atomic mass is 79.9. The fourth-order valence-electron chi connectivity index (χ4n) is 1.97. The molecule has 0 radical (unpaired) electrons. The molecule has 2 aromatic carbocycles. The van der Waals surface area contributed by atoms with Crippen molar-refractivity contribution in [2.45, 2.75) is 26.4 Å². The van der Waals surface area contributed by atoms with Gasteiger partial charge in [0.25, 0.3) is 5.91 Å². The first-order chi connectivity index (χ1) is 11.4. The predicted octanol–water partition coefficient (Wildman–Crippen LogP) is 2.91. The fourth-order valence-corrected chi connectivity index (χ4v) is 2.34. The summed E-state index contributed by atoms with van der Waals surface area (Å²) in [6, 6.07) is 14.8.